The molecule has 2 atom stereocenters. The summed E-state index contributed by atoms with van der Waals surface area (Å²) in [5, 5.41) is 9.15. The van der Waals surface area contributed by atoms with Crippen molar-refractivity contribution in [1.29, 1.82) is 0 Å². The fraction of sp³-hybridized carbons (Fsp3) is 0.737. The predicted molar refractivity (Wildman–Crippen MR) is 122 cm³/mol. The van der Waals surface area contributed by atoms with Gasteiger partial charge in [-0.2, -0.15) is 0 Å². The van der Waals surface area contributed by atoms with Gasteiger partial charge in [0, 0.05) is 44.0 Å². The molecule has 2 rings (SSSR count). The summed E-state index contributed by atoms with van der Waals surface area (Å²) in [6.07, 6.45) is 2.64. The Morgan fingerprint density at radius 3 is 2.80 bits per heavy atom. The molecule has 1 aromatic rings. The molecule has 2 N–H and O–H groups in total. The molecule has 0 aliphatic carbocycles. The van der Waals surface area contributed by atoms with E-state index in [-0.39, 0.29) is 24.0 Å². The molecule has 1 aromatic heterocycles. The summed E-state index contributed by atoms with van der Waals surface area (Å²) in [4.78, 5) is 8.42. The first-order valence-corrected chi connectivity index (χ1v) is 10.2. The van der Waals surface area contributed by atoms with Crippen molar-refractivity contribution in [1.82, 2.24) is 15.5 Å². The van der Waals surface area contributed by atoms with Crippen molar-refractivity contribution in [2.24, 2.45) is 16.8 Å². The zero-order valence-corrected chi connectivity index (χ0v) is 19.3. The van der Waals surface area contributed by atoms with Gasteiger partial charge in [0.1, 0.15) is 0 Å². The van der Waals surface area contributed by atoms with Gasteiger partial charge in [-0.25, -0.2) is 0 Å². The number of nitrogens with zero attached hydrogens (tertiary/aromatic N) is 2. The van der Waals surface area contributed by atoms with E-state index in [9.17, 15) is 0 Å². The molecular weight excluding hydrogens is 443 g/mol. The van der Waals surface area contributed by atoms with E-state index in [2.05, 4.69) is 58.8 Å². The normalized spacial score (nSPS) is 20.2. The lowest BCUT2D eigenvalue weighted by atomic mass is 9.97. The molecule has 1 fully saturated rings. The maximum Gasteiger partial charge on any atom is 0.191 e. The highest BCUT2D eigenvalue weighted by Crippen LogP contribution is 2.19. The Morgan fingerprint density at radius 2 is 2.16 bits per heavy atom. The second-order valence-electron chi connectivity index (χ2n) is 7.41. The smallest absolute Gasteiger partial charge is 0.191 e. The Bertz CT molecular complexity index is 490. The van der Waals surface area contributed by atoms with Crippen molar-refractivity contribution in [2.75, 3.05) is 39.8 Å². The molecule has 0 amide bonds. The molecule has 0 radical (unpaired) electrons. The van der Waals surface area contributed by atoms with Gasteiger partial charge in [0.15, 0.2) is 5.96 Å². The SMILES string of the molecule is CN=C(NCC1CCCN(CC(C)C)C1)NCC(C)c1cccs1.I. The first-order valence-electron chi connectivity index (χ1n) is 9.28. The summed E-state index contributed by atoms with van der Waals surface area (Å²) in [5.41, 5.74) is 0. The van der Waals surface area contributed by atoms with Crippen LogP contribution in [0.2, 0.25) is 0 Å². The molecule has 2 unspecified atom stereocenters. The minimum atomic E-state index is 0. The van der Waals surface area contributed by atoms with E-state index < -0.39 is 0 Å². The number of rotatable bonds is 7. The summed E-state index contributed by atoms with van der Waals surface area (Å²) >= 11 is 1.83. The Morgan fingerprint density at radius 1 is 1.36 bits per heavy atom. The second kappa shape index (κ2) is 12.1. The van der Waals surface area contributed by atoms with Crippen LogP contribution >= 0.6 is 35.3 Å². The number of piperidine rings is 1. The lowest BCUT2D eigenvalue weighted by Crippen LogP contribution is -2.45. The third-order valence-corrected chi connectivity index (χ3v) is 5.72. The van der Waals surface area contributed by atoms with Crippen LogP contribution in [-0.2, 0) is 0 Å². The largest absolute Gasteiger partial charge is 0.356 e. The zero-order valence-electron chi connectivity index (χ0n) is 16.1. The average molecular weight is 478 g/mol. The van der Waals surface area contributed by atoms with Crippen LogP contribution in [0.25, 0.3) is 0 Å². The van der Waals surface area contributed by atoms with E-state index in [0.717, 1.165) is 30.9 Å². The summed E-state index contributed by atoms with van der Waals surface area (Å²) in [7, 11) is 1.86. The zero-order chi connectivity index (χ0) is 17.4. The van der Waals surface area contributed by atoms with Crippen LogP contribution in [-0.4, -0.2) is 50.6 Å². The number of hydrogen-bond acceptors (Lipinski definition) is 3. The van der Waals surface area contributed by atoms with E-state index in [4.69, 9.17) is 0 Å². The Balaban J connectivity index is 0.00000312. The maximum absolute atomic E-state index is 4.38. The quantitative estimate of drug-likeness (QED) is 0.354. The van der Waals surface area contributed by atoms with Gasteiger partial charge >= 0.3 is 0 Å². The highest BCUT2D eigenvalue weighted by Gasteiger charge is 2.20. The van der Waals surface area contributed by atoms with Gasteiger partial charge in [-0.3, -0.25) is 4.99 Å². The lowest BCUT2D eigenvalue weighted by molar-refractivity contribution is 0.159. The van der Waals surface area contributed by atoms with Crippen LogP contribution in [0.15, 0.2) is 22.5 Å². The molecule has 1 saturated heterocycles. The fourth-order valence-corrected chi connectivity index (χ4v) is 4.17. The van der Waals surface area contributed by atoms with Gasteiger partial charge < -0.3 is 15.5 Å². The van der Waals surface area contributed by atoms with Crippen molar-refractivity contribution in [2.45, 2.75) is 39.5 Å². The van der Waals surface area contributed by atoms with E-state index >= 15 is 0 Å². The molecule has 0 saturated carbocycles. The van der Waals surface area contributed by atoms with Crippen LogP contribution in [0.1, 0.15) is 44.4 Å². The van der Waals surface area contributed by atoms with Crippen molar-refractivity contribution in [3.8, 4) is 0 Å². The van der Waals surface area contributed by atoms with Crippen molar-refractivity contribution < 1.29 is 0 Å². The van der Waals surface area contributed by atoms with Crippen LogP contribution in [0.4, 0.5) is 0 Å². The summed E-state index contributed by atoms with van der Waals surface area (Å²) in [6.45, 7) is 12.5. The molecule has 6 heteroatoms. The summed E-state index contributed by atoms with van der Waals surface area (Å²) in [5.74, 6) is 2.93. The number of guanidine groups is 1. The number of halogens is 1. The molecule has 4 nitrogen and oxygen atoms in total. The van der Waals surface area contributed by atoms with E-state index in [1.54, 1.807) is 0 Å². The third kappa shape index (κ3) is 8.26. The topological polar surface area (TPSA) is 39.7 Å². The van der Waals surface area contributed by atoms with Crippen molar-refractivity contribution in [3.63, 3.8) is 0 Å². The van der Waals surface area contributed by atoms with Crippen LogP contribution in [0, 0.1) is 11.8 Å². The highest BCUT2D eigenvalue weighted by molar-refractivity contribution is 14.0. The van der Waals surface area contributed by atoms with Gasteiger partial charge in [-0.05, 0) is 42.7 Å². The molecule has 25 heavy (non-hydrogen) atoms. The van der Waals surface area contributed by atoms with Crippen molar-refractivity contribution in [3.05, 3.63) is 22.4 Å². The Labute approximate surface area is 174 Å². The molecule has 0 spiro atoms. The Kier molecular flexibility index (Phi) is 11.0. The molecule has 0 aromatic carbocycles. The minimum Gasteiger partial charge on any atom is -0.356 e. The number of thiophene rings is 1. The fourth-order valence-electron chi connectivity index (χ4n) is 3.38. The maximum atomic E-state index is 4.38. The van der Waals surface area contributed by atoms with Gasteiger partial charge in [0.25, 0.3) is 0 Å². The number of aliphatic imine (C=N–C) groups is 1. The molecule has 1 aliphatic heterocycles. The number of hydrogen-bond donors (Lipinski definition) is 2. The van der Waals surface area contributed by atoms with Gasteiger partial charge in [0.05, 0.1) is 0 Å². The standard InChI is InChI=1S/C19H34N4S.HI/c1-15(2)13-23-9-5-7-17(14-23)12-22-19(20-4)21-11-16(3)18-8-6-10-24-18;/h6,8,10,15-17H,5,7,9,11-14H2,1-4H3,(H2,20,21,22);1H. The highest BCUT2D eigenvalue weighted by atomic mass is 127. The minimum absolute atomic E-state index is 0. The van der Waals surface area contributed by atoms with Gasteiger partial charge in [-0.1, -0.05) is 26.8 Å². The second-order valence-corrected chi connectivity index (χ2v) is 8.39. The molecule has 2 heterocycles. The number of nitrogens with one attached hydrogen (secondary N) is 2. The van der Waals surface area contributed by atoms with Crippen LogP contribution in [0.5, 0.6) is 0 Å². The summed E-state index contributed by atoms with van der Waals surface area (Å²) in [6, 6.07) is 4.33. The first kappa shape index (κ1) is 22.7. The van der Waals surface area contributed by atoms with Crippen LogP contribution < -0.4 is 10.6 Å². The monoisotopic (exact) mass is 478 g/mol. The molecular formula is C19H35IN4S. The molecule has 144 valence electrons. The lowest BCUT2D eigenvalue weighted by Gasteiger charge is -2.34. The third-order valence-electron chi connectivity index (χ3n) is 4.61. The van der Waals surface area contributed by atoms with Gasteiger partial charge in [-0.15, -0.1) is 35.3 Å². The van der Waals surface area contributed by atoms with E-state index in [0.29, 0.717) is 5.92 Å². The van der Waals surface area contributed by atoms with Gasteiger partial charge in [0.2, 0.25) is 0 Å². The summed E-state index contributed by atoms with van der Waals surface area (Å²) < 4.78 is 0. The van der Waals surface area contributed by atoms with E-state index in [1.807, 2.05) is 18.4 Å². The predicted octanol–water partition coefficient (Wildman–Crippen LogP) is 4.00. The average Bonchev–Trinajstić information content (AvgIpc) is 3.09. The molecule has 1 aliphatic rings. The van der Waals surface area contributed by atoms with E-state index in [1.165, 1.54) is 37.4 Å². The molecule has 0 bridgehead atoms. The van der Waals surface area contributed by atoms with Crippen LogP contribution in [0.3, 0.4) is 0 Å². The number of likely N-dealkylation sites (tertiary alicyclic amines) is 1. The van der Waals surface area contributed by atoms with Crippen molar-refractivity contribution >= 4 is 41.3 Å². The Hall–Kier alpha value is -0.340. The first-order chi connectivity index (χ1) is 11.6.